The van der Waals surface area contributed by atoms with Gasteiger partial charge in [-0.05, 0) is 13.3 Å². The summed E-state index contributed by atoms with van der Waals surface area (Å²) in [6.45, 7) is 6.37. The highest BCUT2D eigenvalue weighted by Crippen LogP contribution is 2.15. The molecule has 61 valence electrons. The van der Waals surface area contributed by atoms with Crippen LogP contribution in [0.25, 0.3) is 0 Å². The van der Waals surface area contributed by atoms with Crippen LogP contribution in [0.1, 0.15) is 20.3 Å². The second-order valence-corrected chi connectivity index (χ2v) is 3.00. The summed E-state index contributed by atoms with van der Waals surface area (Å²) >= 11 is 1.40. The molecule has 0 aromatic carbocycles. The van der Waals surface area contributed by atoms with E-state index in [9.17, 15) is 0 Å². The van der Waals surface area contributed by atoms with Gasteiger partial charge in [-0.25, -0.2) is 0 Å². The first-order valence-corrected chi connectivity index (χ1v) is 4.60. The van der Waals surface area contributed by atoms with Crippen LogP contribution in [-0.4, -0.2) is 22.7 Å². The van der Waals surface area contributed by atoms with Crippen molar-refractivity contribution in [2.24, 2.45) is 0 Å². The van der Waals surface area contributed by atoms with E-state index in [0.29, 0.717) is 0 Å². The molecule has 3 nitrogen and oxygen atoms in total. The molecule has 1 aromatic heterocycles. The SMILES string of the molecule is CCCN(CC)c1[c]nns1. The van der Waals surface area contributed by atoms with E-state index in [1.165, 1.54) is 11.5 Å². The van der Waals surface area contributed by atoms with E-state index in [1.807, 2.05) is 0 Å². The lowest BCUT2D eigenvalue weighted by Crippen LogP contribution is -2.22. The molecule has 0 atom stereocenters. The Bertz CT molecular complexity index is 186. The molecule has 0 bridgehead atoms. The van der Waals surface area contributed by atoms with Gasteiger partial charge in [0, 0.05) is 24.6 Å². The van der Waals surface area contributed by atoms with Crippen molar-refractivity contribution in [3.8, 4) is 0 Å². The van der Waals surface area contributed by atoms with Crippen molar-refractivity contribution >= 4 is 16.5 Å². The summed E-state index contributed by atoms with van der Waals surface area (Å²) in [4.78, 5) is 2.23. The topological polar surface area (TPSA) is 29.0 Å². The smallest absolute Gasteiger partial charge is 0.153 e. The number of rotatable bonds is 4. The maximum absolute atomic E-state index is 3.77. The highest BCUT2D eigenvalue weighted by atomic mass is 32.1. The fourth-order valence-corrected chi connectivity index (χ4v) is 1.52. The first kappa shape index (κ1) is 8.46. The van der Waals surface area contributed by atoms with Crippen molar-refractivity contribution in [3.05, 3.63) is 6.20 Å². The zero-order valence-corrected chi connectivity index (χ0v) is 7.69. The Hall–Kier alpha value is -0.640. The van der Waals surface area contributed by atoms with Gasteiger partial charge in [0.15, 0.2) is 6.20 Å². The zero-order chi connectivity index (χ0) is 8.10. The number of nitrogens with zero attached hydrogens (tertiary/aromatic N) is 3. The van der Waals surface area contributed by atoms with E-state index in [-0.39, 0.29) is 0 Å². The van der Waals surface area contributed by atoms with Crippen molar-refractivity contribution in [2.75, 3.05) is 18.0 Å². The molecule has 0 spiro atoms. The van der Waals surface area contributed by atoms with Crippen molar-refractivity contribution in [1.82, 2.24) is 9.59 Å². The minimum atomic E-state index is 1.01. The summed E-state index contributed by atoms with van der Waals surface area (Å²) in [5.74, 6) is 0. The van der Waals surface area contributed by atoms with Gasteiger partial charge in [0.05, 0.1) is 0 Å². The molecule has 1 aromatic rings. The van der Waals surface area contributed by atoms with Gasteiger partial charge in [-0.2, -0.15) is 0 Å². The Labute approximate surface area is 71.2 Å². The van der Waals surface area contributed by atoms with Crippen LogP contribution in [0.5, 0.6) is 0 Å². The van der Waals surface area contributed by atoms with E-state index in [0.717, 1.165) is 24.5 Å². The molecular formula is C7H12N3S. The second-order valence-electron chi connectivity index (χ2n) is 2.27. The summed E-state index contributed by atoms with van der Waals surface area (Å²) in [6, 6.07) is 0. The molecule has 0 saturated heterocycles. The normalized spacial score (nSPS) is 10.0. The standard InChI is InChI=1S/C7H12N3S/c1-3-5-10(4-2)7-6-8-9-11-7/h3-5H2,1-2H3. The molecule has 1 heterocycles. The maximum atomic E-state index is 3.77. The predicted octanol–water partition coefficient (Wildman–Crippen LogP) is 1.57. The molecule has 4 heteroatoms. The first-order chi connectivity index (χ1) is 5.38. The molecule has 0 aliphatic heterocycles. The minimum Gasteiger partial charge on any atom is -0.361 e. The molecule has 11 heavy (non-hydrogen) atoms. The average Bonchev–Trinajstić information content (AvgIpc) is 2.52. The van der Waals surface area contributed by atoms with E-state index < -0.39 is 0 Å². The highest BCUT2D eigenvalue weighted by molar-refractivity contribution is 7.09. The van der Waals surface area contributed by atoms with Crippen LogP contribution in [0, 0.1) is 6.20 Å². The Morgan fingerprint density at radius 2 is 2.36 bits per heavy atom. The molecule has 0 fully saturated rings. The molecule has 0 saturated carbocycles. The first-order valence-electron chi connectivity index (χ1n) is 3.83. The van der Waals surface area contributed by atoms with Crippen molar-refractivity contribution in [2.45, 2.75) is 20.3 Å². The van der Waals surface area contributed by atoms with E-state index in [4.69, 9.17) is 0 Å². The number of hydrogen-bond donors (Lipinski definition) is 0. The van der Waals surface area contributed by atoms with Gasteiger partial charge in [0.1, 0.15) is 5.00 Å². The summed E-state index contributed by atoms with van der Waals surface area (Å²) in [7, 11) is 0. The van der Waals surface area contributed by atoms with E-state index in [2.05, 4.69) is 34.5 Å². The Morgan fingerprint density at radius 1 is 1.55 bits per heavy atom. The fraction of sp³-hybridized carbons (Fsp3) is 0.714. The average molecular weight is 170 g/mol. The molecule has 0 unspecified atom stereocenters. The van der Waals surface area contributed by atoms with Crippen LogP contribution in [-0.2, 0) is 0 Å². The van der Waals surface area contributed by atoms with Gasteiger partial charge in [-0.15, -0.1) is 5.10 Å². The van der Waals surface area contributed by atoms with Crippen molar-refractivity contribution < 1.29 is 0 Å². The lowest BCUT2D eigenvalue weighted by Gasteiger charge is -2.17. The van der Waals surface area contributed by atoms with Gasteiger partial charge in [0.25, 0.3) is 0 Å². The molecule has 1 rings (SSSR count). The van der Waals surface area contributed by atoms with Gasteiger partial charge < -0.3 is 4.90 Å². The van der Waals surface area contributed by atoms with Crippen molar-refractivity contribution in [3.63, 3.8) is 0 Å². The molecule has 0 aliphatic rings. The van der Waals surface area contributed by atoms with Crippen molar-refractivity contribution in [1.29, 1.82) is 0 Å². The minimum absolute atomic E-state index is 1.01. The van der Waals surface area contributed by atoms with E-state index >= 15 is 0 Å². The Kier molecular flexibility index (Phi) is 3.29. The molecule has 0 amide bonds. The number of hydrogen-bond acceptors (Lipinski definition) is 4. The van der Waals surface area contributed by atoms with Crippen LogP contribution >= 0.6 is 11.5 Å². The van der Waals surface area contributed by atoms with Crippen LogP contribution in [0.2, 0.25) is 0 Å². The van der Waals surface area contributed by atoms with Crippen LogP contribution in [0.3, 0.4) is 0 Å². The quantitative estimate of drug-likeness (QED) is 0.687. The van der Waals surface area contributed by atoms with Crippen LogP contribution in [0.15, 0.2) is 0 Å². The second kappa shape index (κ2) is 4.28. The summed E-state index contributed by atoms with van der Waals surface area (Å²) in [5.41, 5.74) is 0. The van der Waals surface area contributed by atoms with Crippen LogP contribution < -0.4 is 4.90 Å². The van der Waals surface area contributed by atoms with Gasteiger partial charge >= 0.3 is 0 Å². The molecule has 0 aliphatic carbocycles. The third-order valence-corrected chi connectivity index (χ3v) is 2.16. The maximum Gasteiger partial charge on any atom is 0.153 e. The molecule has 0 N–H and O–H groups in total. The zero-order valence-electron chi connectivity index (χ0n) is 6.87. The summed E-state index contributed by atoms with van der Waals surface area (Å²) in [5, 5.41) is 4.73. The largest absolute Gasteiger partial charge is 0.361 e. The molecule has 1 radical (unpaired) electrons. The predicted molar refractivity (Wildman–Crippen MR) is 46.9 cm³/mol. The third kappa shape index (κ3) is 2.15. The Morgan fingerprint density at radius 3 is 2.82 bits per heavy atom. The van der Waals surface area contributed by atoms with Gasteiger partial charge in [-0.1, -0.05) is 11.4 Å². The van der Waals surface area contributed by atoms with Gasteiger partial charge in [0.2, 0.25) is 0 Å². The van der Waals surface area contributed by atoms with Gasteiger partial charge in [-0.3, -0.25) is 0 Å². The highest BCUT2D eigenvalue weighted by Gasteiger charge is 2.04. The summed E-state index contributed by atoms with van der Waals surface area (Å²) < 4.78 is 3.77. The lowest BCUT2D eigenvalue weighted by atomic mass is 10.4. The van der Waals surface area contributed by atoms with Crippen LogP contribution in [0.4, 0.5) is 5.00 Å². The monoisotopic (exact) mass is 170 g/mol. The van der Waals surface area contributed by atoms with E-state index in [1.54, 1.807) is 0 Å². The third-order valence-electron chi connectivity index (χ3n) is 1.48. The number of anilines is 1. The summed E-state index contributed by atoms with van der Waals surface area (Å²) in [6.07, 6.45) is 4.01. The fourth-order valence-electron chi connectivity index (χ4n) is 0.944. The number of aromatic nitrogens is 2. The molecular weight excluding hydrogens is 158 g/mol. The lowest BCUT2D eigenvalue weighted by molar-refractivity contribution is 0.797. The Balaban J connectivity index is 2.56.